The van der Waals surface area contributed by atoms with Crippen LogP contribution in [0.4, 0.5) is 5.69 Å². The summed E-state index contributed by atoms with van der Waals surface area (Å²) in [5.41, 5.74) is 1.31. The maximum absolute atomic E-state index is 14.1. The average molecular weight is 659 g/mol. The molecule has 2 amide bonds. The summed E-state index contributed by atoms with van der Waals surface area (Å²) < 4.78 is 26.7. The molecule has 0 aliphatic rings. The minimum atomic E-state index is -3.99. The molecule has 1 N–H and O–H groups in total. The lowest BCUT2D eigenvalue weighted by Crippen LogP contribution is -2.53. The Balaban J connectivity index is 2.11. The zero-order valence-electron chi connectivity index (χ0n) is 22.8. The summed E-state index contributed by atoms with van der Waals surface area (Å²) in [5, 5.41) is 3.87. The molecular weight excluding hydrogens is 628 g/mol. The van der Waals surface area contributed by atoms with Gasteiger partial charge < -0.3 is 10.2 Å². The van der Waals surface area contributed by atoms with E-state index in [-0.39, 0.29) is 29.6 Å². The standard InChI is InChI=1S/C29H31Cl4N3O4S/c1-19(2)16-34-29(38)27(14-20-8-5-4-6-9-20)35(17-22-23(31)10-7-11-24(22)32)28(37)18-36(41(3,39)40)26-13-12-21(30)15-25(26)33/h4-13,15,19,27H,14,16-18H2,1-3H3,(H,34,38). The molecule has 3 aromatic carbocycles. The second kappa shape index (κ2) is 14.6. The molecule has 7 nitrogen and oxygen atoms in total. The summed E-state index contributed by atoms with van der Waals surface area (Å²) in [6, 6.07) is 17.4. The summed E-state index contributed by atoms with van der Waals surface area (Å²) in [6.45, 7) is 3.52. The highest BCUT2D eigenvalue weighted by Crippen LogP contribution is 2.31. The Hall–Kier alpha value is -2.49. The Morgan fingerprint density at radius 1 is 0.878 bits per heavy atom. The van der Waals surface area contributed by atoms with Crippen molar-refractivity contribution in [2.24, 2.45) is 5.92 Å². The Morgan fingerprint density at radius 3 is 2.07 bits per heavy atom. The van der Waals surface area contributed by atoms with Crippen molar-refractivity contribution in [2.45, 2.75) is 32.9 Å². The second-order valence-electron chi connectivity index (χ2n) is 9.93. The van der Waals surface area contributed by atoms with Gasteiger partial charge in [0, 0.05) is 40.1 Å². The van der Waals surface area contributed by atoms with Crippen LogP contribution in [-0.2, 0) is 32.6 Å². The van der Waals surface area contributed by atoms with Crippen LogP contribution in [0.3, 0.4) is 0 Å². The van der Waals surface area contributed by atoms with Crippen molar-refractivity contribution in [3.63, 3.8) is 0 Å². The van der Waals surface area contributed by atoms with Crippen molar-refractivity contribution in [3.8, 4) is 0 Å². The summed E-state index contributed by atoms with van der Waals surface area (Å²) in [4.78, 5) is 29.1. The predicted octanol–water partition coefficient (Wildman–Crippen LogP) is 6.48. The molecule has 3 aromatic rings. The zero-order valence-corrected chi connectivity index (χ0v) is 26.6. The largest absolute Gasteiger partial charge is 0.354 e. The first-order valence-corrected chi connectivity index (χ1v) is 16.1. The number of hydrogen-bond acceptors (Lipinski definition) is 4. The molecule has 12 heteroatoms. The van der Waals surface area contributed by atoms with Gasteiger partial charge in [0.05, 0.1) is 17.0 Å². The van der Waals surface area contributed by atoms with E-state index in [1.165, 1.54) is 23.1 Å². The van der Waals surface area contributed by atoms with Crippen molar-refractivity contribution in [2.75, 3.05) is 23.7 Å². The lowest BCUT2D eigenvalue weighted by Gasteiger charge is -2.34. The third-order valence-electron chi connectivity index (χ3n) is 6.20. The smallest absolute Gasteiger partial charge is 0.244 e. The molecule has 1 unspecified atom stereocenters. The van der Waals surface area contributed by atoms with Gasteiger partial charge in [0.25, 0.3) is 0 Å². The SMILES string of the molecule is CC(C)CNC(=O)C(Cc1ccccc1)N(Cc1c(Cl)cccc1Cl)C(=O)CN(c1ccc(Cl)cc1Cl)S(C)(=O)=O. The molecule has 41 heavy (non-hydrogen) atoms. The van der Waals surface area contributed by atoms with Crippen LogP contribution in [0.1, 0.15) is 25.0 Å². The highest BCUT2D eigenvalue weighted by atomic mass is 35.5. The molecule has 3 rings (SSSR count). The maximum atomic E-state index is 14.1. The van der Waals surface area contributed by atoms with E-state index in [9.17, 15) is 18.0 Å². The van der Waals surface area contributed by atoms with Crippen LogP contribution in [0, 0.1) is 5.92 Å². The Kier molecular flexibility index (Phi) is 11.8. The molecule has 0 fully saturated rings. The first-order chi connectivity index (χ1) is 19.3. The molecular formula is C29H31Cl4N3O4S. The van der Waals surface area contributed by atoms with Gasteiger partial charge in [0.1, 0.15) is 12.6 Å². The number of halogens is 4. The maximum Gasteiger partial charge on any atom is 0.244 e. The van der Waals surface area contributed by atoms with Crippen molar-refractivity contribution in [1.82, 2.24) is 10.2 Å². The van der Waals surface area contributed by atoms with Crippen molar-refractivity contribution in [3.05, 3.63) is 97.9 Å². The van der Waals surface area contributed by atoms with Gasteiger partial charge in [-0.15, -0.1) is 0 Å². The summed E-state index contributed by atoms with van der Waals surface area (Å²) in [6.07, 6.45) is 1.14. The fraction of sp³-hybridized carbons (Fsp3) is 0.310. The third kappa shape index (κ3) is 9.25. The average Bonchev–Trinajstić information content (AvgIpc) is 2.89. The van der Waals surface area contributed by atoms with Gasteiger partial charge in [-0.2, -0.15) is 0 Å². The van der Waals surface area contributed by atoms with Crippen LogP contribution in [0.15, 0.2) is 66.7 Å². The van der Waals surface area contributed by atoms with Crippen LogP contribution in [0.25, 0.3) is 0 Å². The highest BCUT2D eigenvalue weighted by Gasteiger charge is 2.34. The lowest BCUT2D eigenvalue weighted by atomic mass is 10.0. The number of nitrogens with one attached hydrogen (secondary N) is 1. The van der Waals surface area contributed by atoms with E-state index in [4.69, 9.17) is 46.4 Å². The first-order valence-electron chi connectivity index (χ1n) is 12.7. The topological polar surface area (TPSA) is 86.8 Å². The Labute approximate surface area is 261 Å². The fourth-order valence-electron chi connectivity index (χ4n) is 4.11. The van der Waals surface area contributed by atoms with Crippen LogP contribution < -0.4 is 9.62 Å². The molecule has 0 aliphatic carbocycles. The summed E-state index contributed by atoms with van der Waals surface area (Å²) >= 11 is 25.3. The van der Waals surface area contributed by atoms with Gasteiger partial charge in [0.2, 0.25) is 21.8 Å². The van der Waals surface area contributed by atoms with E-state index in [2.05, 4.69) is 5.32 Å². The molecule has 0 aromatic heterocycles. The molecule has 220 valence electrons. The van der Waals surface area contributed by atoms with E-state index in [1.807, 2.05) is 44.2 Å². The van der Waals surface area contributed by atoms with E-state index in [0.29, 0.717) is 27.2 Å². The number of nitrogens with zero attached hydrogens (tertiary/aromatic N) is 2. The highest BCUT2D eigenvalue weighted by molar-refractivity contribution is 7.92. The van der Waals surface area contributed by atoms with E-state index < -0.39 is 34.4 Å². The van der Waals surface area contributed by atoms with Gasteiger partial charge in [-0.05, 0) is 41.8 Å². The number of amides is 2. The third-order valence-corrected chi connectivity index (χ3v) is 8.58. The van der Waals surface area contributed by atoms with Gasteiger partial charge >= 0.3 is 0 Å². The van der Waals surface area contributed by atoms with Crippen molar-refractivity contribution >= 4 is 73.9 Å². The molecule has 0 saturated heterocycles. The fourth-order valence-corrected chi connectivity index (χ4v) is 6.05. The summed E-state index contributed by atoms with van der Waals surface area (Å²) in [5.74, 6) is -0.890. The van der Waals surface area contributed by atoms with Gasteiger partial charge in [-0.25, -0.2) is 8.42 Å². The van der Waals surface area contributed by atoms with Gasteiger partial charge in [0.15, 0.2) is 0 Å². The molecule has 0 spiro atoms. The predicted molar refractivity (Wildman–Crippen MR) is 167 cm³/mol. The van der Waals surface area contributed by atoms with E-state index in [1.54, 1.807) is 18.2 Å². The van der Waals surface area contributed by atoms with Crippen LogP contribution in [0.5, 0.6) is 0 Å². The van der Waals surface area contributed by atoms with Crippen LogP contribution in [-0.4, -0.2) is 50.5 Å². The molecule has 0 heterocycles. The molecule has 1 atom stereocenters. The normalized spacial score (nSPS) is 12.2. The lowest BCUT2D eigenvalue weighted by molar-refractivity contribution is -0.140. The minimum Gasteiger partial charge on any atom is -0.354 e. The van der Waals surface area contributed by atoms with E-state index >= 15 is 0 Å². The minimum absolute atomic E-state index is 0.0481. The molecule has 0 bridgehead atoms. The zero-order chi connectivity index (χ0) is 30.3. The Bertz CT molecular complexity index is 1470. The molecule has 0 saturated carbocycles. The quantitative estimate of drug-likeness (QED) is 0.241. The molecule has 0 radical (unpaired) electrons. The van der Waals surface area contributed by atoms with E-state index in [0.717, 1.165) is 16.1 Å². The van der Waals surface area contributed by atoms with Crippen molar-refractivity contribution in [1.29, 1.82) is 0 Å². The second-order valence-corrected chi connectivity index (χ2v) is 13.5. The van der Waals surface area contributed by atoms with Crippen molar-refractivity contribution < 1.29 is 18.0 Å². The number of sulfonamides is 1. The van der Waals surface area contributed by atoms with Gasteiger partial charge in [-0.1, -0.05) is 96.6 Å². The first kappa shape index (κ1) is 33.0. The number of anilines is 1. The molecule has 0 aliphatic heterocycles. The number of carbonyl (C=O) groups is 2. The summed E-state index contributed by atoms with van der Waals surface area (Å²) in [7, 11) is -3.99. The number of carbonyl (C=O) groups excluding carboxylic acids is 2. The monoisotopic (exact) mass is 657 g/mol. The number of benzene rings is 3. The number of hydrogen-bond donors (Lipinski definition) is 1. The Morgan fingerprint density at radius 2 is 1.51 bits per heavy atom. The van der Waals surface area contributed by atoms with Crippen LogP contribution in [0.2, 0.25) is 20.1 Å². The van der Waals surface area contributed by atoms with Crippen LogP contribution >= 0.6 is 46.4 Å². The van der Waals surface area contributed by atoms with Gasteiger partial charge in [-0.3, -0.25) is 13.9 Å². The number of rotatable bonds is 12.